The molecule has 0 fully saturated rings. The predicted molar refractivity (Wildman–Crippen MR) is 126 cm³/mol. The Labute approximate surface area is 186 Å². The van der Waals surface area contributed by atoms with Crippen molar-refractivity contribution in [1.29, 1.82) is 0 Å². The summed E-state index contributed by atoms with van der Waals surface area (Å²) in [6.07, 6.45) is 1.87. The summed E-state index contributed by atoms with van der Waals surface area (Å²) in [5.74, 6) is 1.51. The van der Waals surface area contributed by atoms with E-state index in [0.29, 0.717) is 17.8 Å². The molecule has 0 radical (unpaired) electrons. The van der Waals surface area contributed by atoms with Gasteiger partial charge in [-0.3, -0.25) is 0 Å². The van der Waals surface area contributed by atoms with Gasteiger partial charge in [0.1, 0.15) is 5.82 Å². The van der Waals surface area contributed by atoms with Crippen molar-refractivity contribution in [2.24, 2.45) is 0 Å². The Hall–Kier alpha value is -2.62. The molecule has 4 rings (SSSR count). The van der Waals surface area contributed by atoms with Gasteiger partial charge in [-0.2, -0.15) is 0 Å². The molecule has 2 heterocycles. The van der Waals surface area contributed by atoms with Gasteiger partial charge < -0.3 is 9.13 Å². The number of rotatable bonds is 8. The normalized spacial score (nSPS) is 12.3. The molecule has 162 valence electrons. The lowest BCUT2D eigenvalue weighted by Crippen LogP contribution is -2.22. The molecule has 0 aliphatic heterocycles. The number of benzene rings is 2. The fraction of sp³-hybridized carbons (Fsp3) is 0.273. The molecule has 0 aliphatic rings. The average molecular weight is 456 g/mol. The van der Waals surface area contributed by atoms with Gasteiger partial charge in [-0.1, -0.05) is 30.0 Å². The number of nitrogens with zero attached hydrogens (tertiary/aromatic N) is 5. The standard InChI is InChI=1S/C22H25N5O2S2/c1-5-13-27-19-10-8-7-9-17(19)24-22(27)30-15-21-23-18-14-16(31(28,29)25(3)4)11-12-20(18)26(21)6-2/h5,7-12,14H,1,6,13,15H2,2-4H3. The van der Waals surface area contributed by atoms with Gasteiger partial charge in [0.25, 0.3) is 0 Å². The lowest BCUT2D eigenvalue weighted by Gasteiger charge is -2.11. The molecule has 0 saturated carbocycles. The molecule has 31 heavy (non-hydrogen) atoms. The number of hydrogen-bond donors (Lipinski definition) is 0. The molecular formula is C22H25N5O2S2. The molecule has 0 atom stereocenters. The second-order valence-electron chi connectivity index (χ2n) is 7.28. The van der Waals surface area contributed by atoms with E-state index in [1.165, 1.54) is 18.4 Å². The van der Waals surface area contributed by atoms with Crippen molar-refractivity contribution in [2.45, 2.75) is 35.8 Å². The molecule has 7 nitrogen and oxygen atoms in total. The molecule has 0 N–H and O–H groups in total. The third kappa shape index (κ3) is 3.88. The zero-order chi connectivity index (χ0) is 22.2. The van der Waals surface area contributed by atoms with Gasteiger partial charge in [-0.25, -0.2) is 22.7 Å². The number of aryl methyl sites for hydroxylation is 1. The molecule has 9 heteroatoms. The zero-order valence-electron chi connectivity index (χ0n) is 17.8. The van der Waals surface area contributed by atoms with Gasteiger partial charge in [0.15, 0.2) is 5.16 Å². The largest absolute Gasteiger partial charge is 0.328 e. The van der Waals surface area contributed by atoms with Crippen molar-refractivity contribution in [3.8, 4) is 0 Å². The van der Waals surface area contributed by atoms with E-state index in [1.54, 1.807) is 23.9 Å². The highest BCUT2D eigenvalue weighted by atomic mass is 32.2. The summed E-state index contributed by atoms with van der Waals surface area (Å²) in [4.78, 5) is 9.79. The molecule has 0 saturated heterocycles. The predicted octanol–water partition coefficient (Wildman–Crippen LogP) is 4.13. The number of fused-ring (bicyclic) bond motifs is 2. The fourth-order valence-electron chi connectivity index (χ4n) is 3.59. The van der Waals surface area contributed by atoms with E-state index >= 15 is 0 Å². The highest BCUT2D eigenvalue weighted by Gasteiger charge is 2.20. The van der Waals surface area contributed by atoms with Crippen LogP contribution in [0.25, 0.3) is 22.1 Å². The summed E-state index contributed by atoms with van der Waals surface area (Å²) in [5, 5.41) is 0.909. The Kier molecular flexibility index (Phi) is 5.92. The van der Waals surface area contributed by atoms with E-state index < -0.39 is 10.0 Å². The van der Waals surface area contributed by atoms with E-state index in [1.807, 2.05) is 30.3 Å². The Morgan fingerprint density at radius 1 is 1.06 bits per heavy atom. The first-order valence-corrected chi connectivity index (χ1v) is 12.4. The summed E-state index contributed by atoms with van der Waals surface area (Å²) in [6.45, 7) is 7.36. The second-order valence-corrected chi connectivity index (χ2v) is 10.4. The lowest BCUT2D eigenvalue weighted by molar-refractivity contribution is 0.521. The van der Waals surface area contributed by atoms with E-state index in [9.17, 15) is 8.42 Å². The van der Waals surface area contributed by atoms with Crippen LogP contribution in [0.3, 0.4) is 0 Å². The van der Waals surface area contributed by atoms with Crippen molar-refractivity contribution in [3.63, 3.8) is 0 Å². The first-order valence-electron chi connectivity index (χ1n) is 9.97. The van der Waals surface area contributed by atoms with E-state index in [2.05, 4.69) is 28.7 Å². The van der Waals surface area contributed by atoms with E-state index in [0.717, 1.165) is 34.1 Å². The van der Waals surface area contributed by atoms with Gasteiger partial charge >= 0.3 is 0 Å². The summed E-state index contributed by atoms with van der Waals surface area (Å²) in [5.41, 5.74) is 3.64. The van der Waals surface area contributed by atoms with Gasteiger partial charge in [-0.05, 0) is 37.3 Å². The minimum atomic E-state index is -3.50. The number of para-hydroxylation sites is 2. The van der Waals surface area contributed by atoms with Gasteiger partial charge in [0.2, 0.25) is 10.0 Å². The Bertz CT molecular complexity index is 1370. The third-order valence-electron chi connectivity index (χ3n) is 5.16. The molecule has 4 aromatic rings. The van der Waals surface area contributed by atoms with Crippen LogP contribution in [0.1, 0.15) is 12.7 Å². The molecule has 0 unspecified atom stereocenters. The molecule has 2 aromatic heterocycles. The Morgan fingerprint density at radius 2 is 1.81 bits per heavy atom. The van der Waals surface area contributed by atoms with Crippen LogP contribution < -0.4 is 0 Å². The highest BCUT2D eigenvalue weighted by molar-refractivity contribution is 7.98. The number of sulfonamides is 1. The Morgan fingerprint density at radius 3 is 2.52 bits per heavy atom. The topological polar surface area (TPSA) is 73.0 Å². The van der Waals surface area contributed by atoms with Crippen molar-refractivity contribution >= 4 is 43.9 Å². The summed E-state index contributed by atoms with van der Waals surface area (Å²) >= 11 is 1.62. The van der Waals surface area contributed by atoms with Crippen molar-refractivity contribution in [1.82, 2.24) is 23.4 Å². The smallest absolute Gasteiger partial charge is 0.242 e. The number of thioether (sulfide) groups is 1. The maximum atomic E-state index is 12.5. The van der Waals surface area contributed by atoms with Crippen LogP contribution in [0.15, 0.2) is 65.2 Å². The highest BCUT2D eigenvalue weighted by Crippen LogP contribution is 2.29. The van der Waals surface area contributed by atoms with Crippen LogP contribution in [0.5, 0.6) is 0 Å². The summed E-state index contributed by atoms with van der Waals surface area (Å²) < 4.78 is 30.5. The second kappa shape index (κ2) is 8.49. The summed E-state index contributed by atoms with van der Waals surface area (Å²) in [6, 6.07) is 13.2. The average Bonchev–Trinajstić information content (AvgIpc) is 3.29. The van der Waals surface area contributed by atoms with Gasteiger partial charge in [0, 0.05) is 27.2 Å². The van der Waals surface area contributed by atoms with Crippen LogP contribution in [0.2, 0.25) is 0 Å². The SMILES string of the molecule is C=CCn1c(SCc2nc3cc(S(=O)(=O)N(C)C)ccc3n2CC)nc2ccccc21. The summed E-state index contributed by atoms with van der Waals surface area (Å²) in [7, 11) is -0.446. The quantitative estimate of drug-likeness (QED) is 0.295. The first-order chi connectivity index (χ1) is 14.9. The van der Waals surface area contributed by atoms with Crippen LogP contribution >= 0.6 is 11.8 Å². The molecule has 0 aliphatic carbocycles. The molecule has 0 amide bonds. The molecule has 0 bridgehead atoms. The monoisotopic (exact) mass is 455 g/mol. The van der Waals surface area contributed by atoms with Crippen molar-refractivity contribution in [3.05, 3.63) is 60.9 Å². The lowest BCUT2D eigenvalue weighted by atomic mass is 10.3. The maximum Gasteiger partial charge on any atom is 0.242 e. The van der Waals surface area contributed by atoms with Gasteiger partial charge in [0.05, 0.1) is 32.7 Å². The number of aromatic nitrogens is 4. The number of allylic oxidation sites excluding steroid dienone is 1. The van der Waals surface area contributed by atoms with Gasteiger partial charge in [-0.15, -0.1) is 6.58 Å². The van der Waals surface area contributed by atoms with E-state index in [-0.39, 0.29) is 4.90 Å². The third-order valence-corrected chi connectivity index (χ3v) is 7.94. The fourth-order valence-corrected chi connectivity index (χ4v) is 5.48. The molecule has 2 aromatic carbocycles. The maximum absolute atomic E-state index is 12.5. The minimum absolute atomic E-state index is 0.248. The first kappa shape index (κ1) is 21.6. The van der Waals surface area contributed by atoms with Crippen LogP contribution in [-0.2, 0) is 28.9 Å². The van der Waals surface area contributed by atoms with Crippen LogP contribution in [0.4, 0.5) is 0 Å². The van der Waals surface area contributed by atoms with E-state index in [4.69, 9.17) is 9.97 Å². The van der Waals surface area contributed by atoms with Crippen LogP contribution in [-0.4, -0.2) is 45.9 Å². The molecule has 0 spiro atoms. The number of hydrogen-bond acceptors (Lipinski definition) is 5. The Balaban J connectivity index is 1.70. The van der Waals surface area contributed by atoms with Crippen molar-refractivity contribution in [2.75, 3.05) is 14.1 Å². The van der Waals surface area contributed by atoms with Crippen LogP contribution in [0, 0.1) is 0 Å². The van der Waals surface area contributed by atoms with Crippen molar-refractivity contribution < 1.29 is 8.42 Å². The minimum Gasteiger partial charge on any atom is -0.328 e. The zero-order valence-corrected chi connectivity index (χ0v) is 19.4. The molecular weight excluding hydrogens is 430 g/mol. The number of imidazole rings is 2.